The number of methoxy groups -OCH3 is 2. The van der Waals surface area contributed by atoms with Crippen LogP contribution in [0.1, 0.15) is 29.2 Å². The summed E-state index contributed by atoms with van der Waals surface area (Å²) in [5.41, 5.74) is 3.38. The molecule has 3 aromatic carbocycles. The summed E-state index contributed by atoms with van der Waals surface area (Å²) in [7, 11) is -0.680. The number of hydrazone groups is 1. The lowest BCUT2D eigenvalue weighted by atomic mass is 9.98. The van der Waals surface area contributed by atoms with Gasteiger partial charge in [-0.1, -0.05) is 48.0 Å². The molecule has 4 rings (SSSR count). The first-order chi connectivity index (χ1) is 14.9. The SMILES string of the molecule is COc1ccc(C2=NN(S(=O)(=O)c3ccccc3)C(c3ccc(C)cc3)C2)c(OC)c1. The molecule has 0 saturated heterocycles. The minimum Gasteiger partial charge on any atom is -0.497 e. The summed E-state index contributed by atoms with van der Waals surface area (Å²) >= 11 is 0. The van der Waals surface area contributed by atoms with Crippen molar-refractivity contribution in [2.45, 2.75) is 24.3 Å². The van der Waals surface area contributed by atoms with E-state index in [2.05, 4.69) is 5.10 Å². The van der Waals surface area contributed by atoms with Crippen LogP contribution in [0.15, 0.2) is 82.8 Å². The maximum absolute atomic E-state index is 13.5. The van der Waals surface area contributed by atoms with Gasteiger partial charge in [-0.15, -0.1) is 0 Å². The van der Waals surface area contributed by atoms with E-state index in [1.807, 2.05) is 43.3 Å². The van der Waals surface area contributed by atoms with Crippen molar-refractivity contribution < 1.29 is 17.9 Å². The quantitative estimate of drug-likeness (QED) is 0.568. The molecule has 160 valence electrons. The fourth-order valence-corrected chi connectivity index (χ4v) is 5.10. The Hall–Kier alpha value is -3.32. The molecule has 1 heterocycles. The highest BCUT2D eigenvalue weighted by Gasteiger charge is 2.38. The van der Waals surface area contributed by atoms with Crippen molar-refractivity contribution in [1.29, 1.82) is 0 Å². The van der Waals surface area contributed by atoms with Crippen molar-refractivity contribution >= 4 is 15.7 Å². The molecule has 0 N–H and O–H groups in total. The summed E-state index contributed by atoms with van der Waals surface area (Å²) in [4.78, 5) is 0.207. The molecule has 0 aromatic heterocycles. The molecule has 0 amide bonds. The first kappa shape index (κ1) is 20.9. The van der Waals surface area contributed by atoms with Gasteiger partial charge >= 0.3 is 0 Å². The summed E-state index contributed by atoms with van der Waals surface area (Å²) in [5.74, 6) is 1.24. The Kier molecular flexibility index (Phi) is 5.69. The summed E-state index contributed by atoms with van der Waals surface area (Å²) in [6.45, 7) is 2.00. The molecule has 0 radical (unpaired) electrons. The van der Waals surface area contributed by atoms with Gasteiger partial charge < -0.3 is 9.47 Å². The molecule has 0 saturated carbocycles. The lowest BCUT2D eigenvalue weighted by Crippen LogP contribution is -2.27. The van der Waals surface area contributed by atoms with Gasteiger partial charge in [-0.2, -0.15) is 17.9 Å². The van der Waals surface area contributed by atoms with Crippen LogP contribution in [-0.2, 0) is 10.0 Å². The van der Waals surface area contributed by atoms with Gasteiger partial charge in [0.2, 0.25) is 0 Å². The van der Waals surface area contributed by atoms with Gasteiger partial charge in [0.1, 0.15) is 11.5 Å². The second-order valence-electron chi connectivity index (χ2n) is 7.33. The van der Waals surface area contributed by atoms with Crippen LogP contribution in [0.25, 0.3) is 0 Å². The normalized spacial score (nSPS) is 16.2. The highest BCUT2D eigenvalue weighted by molar-refractivity contribution is 7.89. The van der Waals surface area contributed by atoms with Gasteiger partial charge in [0.15, 0.2) is 0 Å². The molecule has 1 aliphatic rings. The zero-order valence-electron chi connectivity index (χ0n) is 17.6. The van der Waals surface area contributed by atoms with Crippen LogP contribution < -0.4 is 9.47 Å². The third-order valence-corrected chi connectivity index (χ3v) is 7.04. The molecule has 3 aromatic rings. The number of sulfonamides is 1. The Morgan fingerprint density at radius 3 is 2.29 bits per heavy atom. The molecular formula is C24H24N2O4S. The monoisotopic (exact) mass is 436 g/mol. The maximum atomic E-state index is 13.5. The van der Waals surface area contributed by atoms with Crippen LogP contribution in [0.2, 0.25) is 0 Å². The molecule has 0 spiro atoms. The first-order valence-electron chi connectivity index (χ1n) is 9.90. The van der Waals surface area contributed by atoms with Gasteiger partial charge in [-0.25, -0.2) is 0 Å². The molecule has 1 atom stereocenters. The number of aryl methyl sites for hydroxylation is 1. The largest absolute Gasteiger partial charge is 0.497 e. The average molecular weight is 437 g/mol. The van der Waals surface area contributed by atoms with E-state index in [-0.39, 0.29) is 4.90 Å². The van der Waals surface area contributed by atoms with Crippen molar-refractivity contribution in [2.24, 2.45) is 5.10 Å². The van der Waals surface area contributed by atoms with E-state index in [9.17, 15) is 8.42 Å². The fourth-order valence-electron chi connectivity index (χ4n) is 3.65. The minimum atomic E-state index is -3.84. The van der Waals surface area contributed by atoms with Crippen LogP contribution in [-0.4, -0.2) is 32.8 Å². The van der Waals surface area contributed by atoms with Gasteiger partial charge in [-0.05, 0) is 36.8 Å². The fraction of sp³-hybridized carbons (Fsp3) is 0.208. The Morgan fingerprint density at radius 1 is 0.935 bits per heavy atom. The highest BCUT2D eigenvalue weighted by atomic mass is 32.2. The van der Waals surface area contributed by atoms with E-state index in [4.69, 9.17) is 9.47 Å². The lowest BCUT2D eigenvalue weighted by molar-refractivity contribution is 0.371. The third kappa shape index (κ3) is 4.01. The second kappa shape index (κ2) is 8.43. The predicted molar refractivity (Wildman–Crippen MR) is 120 cm³/mol. The number of ether oxygens (including phenoxy) is 2. The third-order valence-electron chi connectivity index (χ3n) is 5.34. The predicted octanol–water partition coefficient (Wildman–Crippen LogP) is 4.55. The molecule has 0 bridgehead atoms. The summed E-state index contributed by atoms with van der Waals surface area (Å²) in [5, 5.41) is 4.59. The smallest absolute Gasteiger partial charge is 0.279 e. The van der Waals surface area contributed by atoms with E-state index < -0.39 is 16.1 Å². The number of hydrogen-bond donors (Lipinski definition) is 0. The van der Waals surface area contributed by atoms with E-state index in [0.29, 0.717) is 23.6 Å². The van der Waals surface area contributed by atoms with Crippen molar-refractivity contribution in [3.63, 3.8) is 0 Å². The average Bonchev–Trinajstić information content (AvgIpc) is 3.26. The van der Waals surface area contributed by atoms with Gasteiger partial charge in [0.25, 0.3) is 10.0 Å². The van der Waals surface area contributed by atoms with Crippen LogP contribution in [0.3, 0.4) is 0 Å². The topological polar surface area (TPSA) is 68.2 Å². The van der Waals surface area contributed by atoms with Gasteiger partial charge in [0.05, 0.1) is 30.9 Å². The first-order valence-corrected chi connectivity index (χ1v) is 11.3. The minimum absolute atomic E-state index is 0.207. The molecule has 6 nitrogen and oxygen atoms in total. The summed E-state index contributed by atoms with van der Waals surface area (Å²) in [6.07, 6.45) is 0.428. The van der Waals surface area contributed by atoms with Gasteiger partial charge in [0, 0.05) is 18.1 Å². The molecule has 1 aliphatic heterocycles. The van der Waals surface area contributed by atoms with Gasteiger partial charge in [-0.3, -0.25) is 0 Å². The lowest BCUT2D eigenvalue weighted by Gasteiger charge is -2.23. The summed E-state index contributed by atoms with van der Waals surface area (Å²) < 4.78 is 39.0. The number of benzene rings is 3. The Labute approximate surface area is 182 Å². The Balaban J connectivity index is 1.82. The number of nitrogens with zero attached hydrogens (tertiary/aromatic N) is 2. The van der Waals surface area contributed by atoms with E-state index in [1.54, 1.807) is 50.6 Å². The molecule has 0 fully saturated rings. The van der Waals surface area contributed by atoms with Crippen LogP contribution in [0.5, 0.6) is 11.5 Å². The molecule has 7 heteroatoms. The Bertz CT molecular complexity index is 1210. The zero-order valence-corrected chi connectivity index (χ0v) is 18.5. The van der Waals surface area contributed by atoms with Crippen LogP contribution in [0.4, 0.5) is 0 Å². The second-order valence-corrected chi connectivity index (χ2v) is 9.13. The van der Waals surface area contributed by atoms with Crippen LogP contribution >= 0.6 is 0 Å². The molecule has 0 aliphatic carbocycles. The highest BCUT2D eigenvalue weighted by Crippen LogP contribution is 2.39. The van der Waals surface area contributed by atoms with Crippen molar-refractivity contribution in [1.82, 2.24) is 4.41 Å². The van der Waals surface area contributed by atoms with Crippen molar-refractivity contribution in [2.75, 3.05) is 14.2 Å². The number of hydrogen-bond acceptors (Lipinski definition) is 5. The van der Waals surface area contributed by atoms with E-state index in [1.165, 1.54) is 4.41 Å². The zero-order chi connectivity index (χ0) is 22.0. The van der Waals surface area contributed by atoms with Crippen molar-refractivity contribution in [3.05, 3.63) is 89.5 Å². The van der Waals surface area contributed by atoms with E-state index >= 15 is 0 Å². The molecular weight excluding hydrogens is 412 g/mol. The van der Waals surface area contributed by atoms with Crippen LogP contribution in [0, 0.1) is 6.92 Å². The van der Waals surface area contributed by atoms with E-state index in [0.717, 1.165) is 16.7 Å². The molecule has 1 unspecified atom stereocenters. The summed E-state index contributed by atoms with van der Waals surface area (Å²) in [6, 6.07) is 21.2. The van der Waals surface area contributed by atoms with Crippen molar-refractivity contribution in [3.8, 4) is 11.5 Å². The Morgan fingerprint density at radius 2 is 1.65 bits per heavy atom. The maximum Gasteiger partial charge on any atom is 0.279 e. The number of rotatable bonds is 6. The standard InChI is InChI=1S/C24H24N2O4S/c1-17-9-11-18(12-10-17)23-16-22(21-14-13-19(29-2)15-24(21)30-3)25-26(23)31(27,28)20-7-5-4-6-8-20/h4-15,23H,16H2,1-3H3. The molecule has 31 heavy (non-hydrogen) atoms.